The number of halogens is 1. The molecule has 0 N–H and O–H groups in total. The summed E-state index contributed by atoms with van der Waals surface area (Å²) in [6.07, 6.45) is -0.0574. The number of rotatable bonds is 2. The van der Waals surface area contributed by atoms with E-state index < -0.39 is 17.5 Å². The number of hydrogen-bond acceptors (Lipinski definition) is 4. The molecule has 1 aromatic rings. The van der Waals surface area contributed by atoms with Gasteiger partial charge in [0, 0.05) is 13.1 Å². The van der Waals surface area contributed by atoms with Gasteiger partial charge in [0.15, 0.2) is 11.6 Å². The molecule has 0 bridgehead atoms. The molecule has 21 heavy (non-hydrogen) atoms. The van der Waals surface area contributed by atoms with Crippen LogP contribution in [0.15, 0.2) is 12.1 Å². The molecule has 0 radical (unpaired) electrons. The minimum atomic E-state index is -0.565. The first-order valence-corrected chi connectivity index (χ1v) is 6.70. The second kappa shape index (κ2) is 5.71. The Labute approximate surface area is 122 Å². The lowest BCUT2D eigenvalue weighted by atomic mass is 9.99. The van der Waals surface area contributed by atoms with Gasteiger partial charge in [-0.1, -0.05) is 6.07 Å². The highest BCUT2D eigenvalue weighted by atomic mass is 19.1. The molecule has 1 heterocycles. The van der Waals surface area contributed by atoms with Crippen LogP contribution in [0, 0.1) is 5.82 Å². The van der Waals surface area contributed by atoms with E-state index in [1.807, 2.05) is 0 Å². The fourth-order valence-electron chi connectivity index (χ4n) is 2.21. The quantitative estimate of drug-likeness (QED) is 0.787. The van der Waals surface area contributed by atoms with Crippen molar-refractivity contribution in [2.24, 2.45) is 0 Å². The van der Waals surface area contributed by atoms with E-state index in [-0.39, 0.29) is 18.8 Å². The van der Waals surface area contributed by atoms with Crippen LogP contribution >= 0.6 is 0 Å². The van der Waals surface area contributed by atoms with E-state index in [1.165, 1.54) is 11.0 Å². The number of carbonyl (C=O) groups excluding carboxylic acids is 2. The molecule has 0 unspecified atom stereocenters. The number of hydrogen-bond donors (Lipinski definition) is 0. The Morgan fingerprint density at radius 2 is 2.10 bits per heavy atom. The number of ether oxygens (including phenoxy) is 2. The second-order valence-electron chi connectivity index (χ2n) is 5.88. The molecular formula is C15H18FNO4. The third-order valence-electron chi connectivity index (χ3n) is 3.12. The predicted octanol–water partition coefficient (Wildman–Crippen LogP) is 2.65. The first-order valence-electron chi connectivity index (χ1n) is 6.70. The number of carbonyl (C=O) groups is 2. The molecule has 0 spiro atoms. The highest BCUT2D eigenvalue weighted by Crippen LogP contribution is 2.28. The smallest absolute Gasteiger partial charge is 0.410 e. The first-order chi connectivity index (χ1) is 9.81. The van der Waals surface area contributed by atoms with E-state index in [0.29, 0.717) is 24.1 Å². The van der Waals surface area contributed by atoms with Gasteiger partial charge in [-0.05, 0) is 44.4 Å². The van der Waals surface area contributed by atoms with Crippen molar-refractivity contribution in [3.63, 3.8) is 0 Å². The van der Waals surface area contributed by atoms with Gasteiger partial charge in [-0.25, -0.2) is 9.18 Å². The summed E-state index contributed by atoms with van der Waals surface area (Å²) in [6.45, 7) is 6.23. The van der Waals surface area contributed by atoms with Crippen molar-refractivity contribution < 1.29 is 23.5 Å². The number of amides is 1. The first kappa shape index (κ1) is 15.3. The SMILES string of the molecule is CC(C)(C)OC(=O)N1CCc2c(ccc(OC=O)c2F)C1. The maximum absolute atomic E-state index is 14.1. The molecule has 0 fully saturated rings. The zero-order valence-corrected chi connectivity index (χ0v) is 12.3. The molecule has 0 atom stereocenters. The zero-order valence-electron chi connectivity index (χ0n) is 12.3. The summed E-state index contributed by atoms with van der Waals surface area (Å²) in [4.78, 5) is 23.9. The number of nitrogens with zero attached hydrogens (tertiary/aromatic N) is 1. The summed E-state index contributed by atoms with van der Waals surface area (Å²) in [5.74, 6) is -0.627. The Morgan fingerprint density at radius 3 is 2.71 bits per heavy atom. The summed E-state index contributed by atoms with van der Waals surface area (Å²) < 4.78 is 24.0. The predicted molar refractivity (Wildman–Crippen MR) is 73.4 cm³/mol. The lowest BCUT2D eigenvalue weighted by molar-refractivity contribution is -0.120. The Balaban J connectivity index is 2.16. The van der Waals surface area contributed by atoms with Gasteiger partial charge in [-0.3, -0.25) is 4.79 Å². The molecule has 5 nitrogen and oxygen atoms in total. The van der Waals surface area contributed by atoms with Gasteiger partial charge in [0.25, 0.3) is 6.47 Å². The van der Waals surface area contributed by atoms with Crippen LogP contribution < -0.4 is 4.74 Å². The third-order valence-corrected chi connectivity index (χ3v) is 3.12. The fraction of sp³-hybridized carbons (Fsp3) is 0.467. The molecule has 114 valence electrons. The van der Waals surface area contributed by atoms with Crippen molar-refractivity contribution >= 4 is 12.6 Å². The highest BCUT2D eigenvalue weighted by Gasteiger charge is 2.27. The normalized spacial score (nSPS) is 14.4. The van der Waals surface area contributed by atoms with Crippen LogP contribution in [0.2, 0.25) is 0 Å². The van der Waals surface area contributed by atoms with Crippen LogP contribution in [-0.4, -0.2) is 29.6 Å². The van der Waals surface area contributed by atoms with Gasteiger partial charge in [-0.2, -0.15) is 0 Å². The van der Waals surface area contributed by atoms with Crippen LogP contribution in [0.5, 0.6) is 5.75 Å². The third kappa shape index (κ3) is 3.51. The van der Waals surface area contributed by atoms with Crippen LogP contribution in [0.1, 0.15) is 31.9 Å². The minimum absolute atomic E-state index is 0.0885. The van der Waals surface area contributed by atoms with Crippen LogP contribution in [0.3, 0.4) is 0 Å². The number of benzene rings is 1. The van der Waals surface area contributed by atoms with Gasteiger partial charge >= 0.3 is 6.09 Å². The van der Waals surface area contributed by atoms with Crippen LogP contribution in [-0.2, 0) is 22.5 Å². The summed E-state index contributed by atoms with van der Waals surface area (Å²) in [5, 5.41) is 0. The molecule has 6 heteroatoms. The van der Waals surface area contributed by atoms with Crippen molar-refractivity contribution in [2.45, 2.75) is 39.3 Å². The van der Waals surface area contributed by atoms with E-state index in [1.54, 1.807) is 26.8 Å². The van der Waals surface area contributed by atoms with Gasteiger partial charge in [0.05, 0.1) is 0 Å². The molecule has 0 saturated heterocycles. The van der Waals surface area contributed by atoms with Gasteiger partial charge < -0.3 is 14.4 Å². The van der Waals surface area contributed by atoms with Crippen LogP contribution in [0.25, 0.3) is 0 Å². The monoisotopic (exact) mass is 295 g/mol. The van der Waals surface area contributed by atoms with Crippen molar-refractivity contribution in [3.8, 4) is 5.75 Å². The Kier molecular flexibility index (Phi) is 4.16. The second-order valence-corrected chi connectivity index (χ2v) is 5.88. The highest BCUT2D eigenvalue weighted by molar-refractivity contribution is 5.68. The lowest BCUT2D eigenvalue weighted by Gasteiger charge is -2.31. The van der Waals surface area contributed by atoms with Crippen LogP contribution in [0.4, 0.5) is 9.18 Å². The average molecular weight is 295 g/mol. The standard InChI is InChI=1S/C15H18FNO4/c1-15(2,3)21-14(19)17-7-6-11-10(8-17)4-5-12(13(11)16)20-9-18/h4-5,9H,6-8H2,1-3H3. The van der Waals surface area contributed by atoms with E-state index >= 15 is 0 Å². The van der Waals surface area contributed by atoms with E-state index in [0.717, 1.165) is 0 Å². The van der Waals surface area contributed by atoms with E-state index in [2.05, 4.69) is 4.74 Å². The number of fused-ring (bicyclic) bond motifs is 1. The molecule has 0 saturated carbocycles. The average Bonchev–Trinajstić information content (AvgIpc) is 2.40. The van der Waals surface area contributed by atoms with E-state index in [9.17, 15) is 14.0 Å². The molecule has 0 aromatic heterocycles. The largest absolute Gasteiger partial charge is 0.444 e. The topological polar surface area (TPSA) is 55.8 Å². The van der Waals surface area contributed by atoms with Crippen molar-refractivity contribution in [1.82, 2.24) is 4.90 Å². The summed E-state index contributed by atoms with van der Waals surface area (Å²) in [5.41, 5.74) is 0.613. The summed E-state index contributed by atoms with van der Waals surface area (Å²) in [6, 6.07) is 3.05. The summed E-state index contributed by atoms with van der Waals surface area (Å²) >= 11 is 0. The lowest BCUT2D eigenvalue weighted by Crippen LogP contribution is -2.40. The molecular weight excluding hydrogens is 277 g/mol. The maximum Gasteiger partial charge on any atom is 0.410 e. The van der Waals surface area contributed by atoms with Crippen molar-refractivity contribution in [3.05, 3.63) is 29.1 Å². The van der Waals surface area contributed by atoms with Gasteiger partial charge in [0.2, 0.25) is 0 Å². The molecule has 1 aliphatic heterocycles. The summed E-state index contributed by atoms with van der Waals surface area (Å²) in [7, 11) is 0. The Hall–Kier alpha value is -2.11. The minimum Gasteiger partial charge on any atom is -0.444 e. The molecule has 2 rings (SSSR count). The molecule has 1 aliphatic rings. The van der Waals surface area contributed by atoms with Crippen molar-refractivity contribution in [1.29, 1.82) is 0 Å². The molecule has 0 aliphatic carbocycles. The Morgan fingerprint density at radius 1 is 1.38 bits per heavy atom. The molecule has 1 aromatic carbocycles. The van der Waals surface area contributed by atoms with Crippen molar-refractivity contribution in [2.75, 3.05) is 6.54 Å². The zero-order chi connectivity index (χ0) is 15.6. The van der Waals surface area contributed by atoms with E-state index in [4.69, 9.17) is 4.74 Å². The molecule has 1 amide bonds. The maximum atomic E-state index is 14.1. The van der Waals surface area contributed by atoms with Gasteiger partial charge in [0.1, 0.15) is 5.60 Å². The fourth-order valence-corrected chi connectivity index (χ4v) is 2.21. The Bertz CT molecular complexity index is 566. The van der Waals surface area contributed by atoms with Gasteiger partial charge in [-0.15, -0.1) is 0 Å².